The van der Waals surface area contributed by atoms with E-state index >= 15 is 0 Å². The number of nitrogens with zero attached hydrogens (tertiary/aromatic N) is 1. The highest BCUT2D eigenvalue weighted by Crippen LogP contribution is 2.30. The van der Waals surface area contributed by atoms with E-state index < -0.39 is 5.60 Å². The van der Waals surface area contributed by atoms with Crippen molar-refractivity contribution in [2.75, 3.05) is 13.1 Å². The Morgan fingerprint density at radius 3 is 2.77 bits per heavy atom. The van der Waals surface area contributed by atoms with Crippen molar-refractivity contribution in [3.63, 3.8) is 0 Å². The SMILES string of the molecule is O=C(NCCCc1nc2c(s1)CCCC2)NCC1(O)CCC1. The van der Waals surface area contributed by atoms with Crippen molar-refractivity contribution < 1.29 is 9.90 Å². The summed E-state index contributed by atoms with van der Waals surface area (Å²) >= 11 is 1.85. The molecule has 0 saturated heterocycles. The summed E-state index contributed by atoms with van der Waals surface area (Å²) in [6.45, 7) is 1.01. The molecule has 6 heteroatoms. The number of aryl methyl sites for hydroxylation is 3. The molecular weight excluding hydrogens is 298 g/mol. The summed E-state index contributed by atoms with van der Waals surface area (Å²) in [5, 5.41) is 16.7. The molecule has 2 aliphatic carbocycles. The largest absolute Gasteiger partial charge is 0.388 e. The zero-order chi connectivity index (χ0) is 15.4. The van der Waals surface area contributed by atoms with E-state index in [4.69, 9.17) is 4.98 Å². The zero-order valence-electron chi connectivity index (χ0n) is 13.0. The van der Waals surface area contributed by atoms with Gasteiger partial charge in [-0.1, -0.05) is 0 Å². The quantitative estimate of drug-likeness (QED) is 0.702. The summed E-state index contributed by atoms with van der Waals surface area (Å²) in [7, 11) is 0. The van der Waals surface area contributed by atoms with Crippen LogP contribution in [-0.2, 0) is 19.3 Å². The number of hydrogen-bond donors (Lipinski definition) is 3. The van der Waals surface area contributed by atoms with Gasteiger partial charge in [-0.25, -0.2) is 9.78 Å². The van der Waals surface area contributed by atoms with Crippen molar-refractivity contribution in [3.8, 4) is 0 Å². The highest BCUT2D eigenvalue weighted by Gasteiger charge is 2.34. The number of fused-ring (bicyclic) bond motifs is 1. The number of carbonyl (C=O) groups is 1. The highest BCUT2D eigenvalue weighted by molar-refractivity contribution is 7.11. The minimum absolute atomic E-state index is 0.182. The average molecular weight is 323 g/mol. The van der Waals surface area contributed by atoms with Crippen LogP contribution >= 0.6 is 11.3 Å². The van der Waals surface area contributed by atoms with E-state index in [2.05, 4.69) is 10.6 Å². The van der Waals surface area contributed by atoms with Crippen molar-refractivity contribution in [3.05, 3.63) is 15.6 Å². The highest BCUT2D eigenvalue weighted by atomic mass is 32.1. The number of carbonyl (C=O) groups excluding carboxylic acids is 1. The standard InChI is InChI=1S/C16H25N3O2S/c20-15(18-11-16(21)8-4-9-16)17-10-3-7-14-19-12-5-1-2-6-13(12)22-14/h21H,1-11H2,(H2,17,18,20). The van der Waals surface area contributed by atoms with E-state index in [9.17, 15) is 9.90 Å². The maximum absolute atomic E-state index is 11.7. The lowest BCUT2D eigenvalue weighted by Crippen LogP contribution is -2.50. The Hall–Kier alpha value is -1.14. The topological polar surface area (TPSA) is 74.2 Å². The third-order valence-electron chi connectivity index (χ3n) is 4.61. The van der Waals surface area contributed by atoms with Gasteiger partial charge in [-0.05, 0) is 51.4 Å². The van der Waals surface area contributed by atoms with Crippen molar-refractivity contribution in [2.45, 2.75) is 63.4 Å². The van der Waals surface area contributed by atoms with Gasteiger partial charge in [0.15, 0.2) is 0 Å². The Balaban J connectivity index is 1.31. The number of hydrogen-bond acceptors (Lipinski definition) is 4. The van der Waals surface area contributed by atoms with Crippen LogP contribution < -0.4 is 10.6 Å². The molecule has 0 aliphatic heterocycles. The van der Waals surface area contributed by atoms with Gasteiger partial charge in [0.2, 0.25) is 0 Å². The van der Waals surface area contributed by atoms with Crippen LogP contribution in [0.15, 0.2) is 0 Å². The summed E-state index contributed by atoms with van der Waals surface area (Å²) < 4.78 is 0. The van der Waals surface area contributed by atoms with Gasteiger partial charge >= 0.3 is 6.03 Å². The Bertz CT molecular complexity index is 502. The van der Waals surface area contributed by atoms with Gasteiger partial charge in [0.1, 0.15) is 0 Å². The van der Waals surface area contributed by atoms with Gasteiger partial charge in [0.25, 0.3) is 0 Å². The lowest BCUT2D eigenvalue weighted by Gasteiger charge is -2.36. The maximum Gasteiger partial charge on any atom is 0.314 e. The molecule has 0 bridgehead atoms. The lowest BCUT2D eigenvalue weighted by atomic mass is 9.80. The fourth-order valence-electron chi connectivity index (χ4n) is 3.02. The predicted octanol–water partition coefficient (Wildman–Crippen LogP) is 2.17. The number of amides is 2. The van der Waals surface area contributed by atoms with E-state index in [1.54, 1.807) is 0 Å². The molecule has 22 heavy (non-hydrogen) atoms. The molecule has 5 nitrogen and oxygen atoms in total. The van der Waals surface area contributed by atoms with Crippen molar-refractivity contribution in [1.82, 2.24) is 15.6 Å². The number of aromatic nitrogens is 1. The molecular formula is C16H25N3O2S. The fraction of sp³-hybridized carbons (Fsp3) is 0.750. The number of rotatable bonds is 6. The molecule has 1 aromatic heterocycles. The smallest absolute Gasteiger partial charge is 0.314 e. The third-order valence-corrected chi connectivity index (χ3v) is 5.82. The molecule has 0 spiro atoms. The lowest BCUT2D eigenvalue weighted by molar-refractivity contribution is -0.0290. The number of thiazole rings is 1. The molecule has 1 heterocycles. The summed E-state index contributed by atoms with van der Waals surface area (Å²) in [4.78, 5) is 17.8. The number of aliphatic hydroxyl groups is 1. The average Bonchev–Trinajstić information content (AvgIpc) is 2.90. The Kier molecular flexibility index (Phi) is 4.98. The molecule has 1 fully saturated rings. The van der Waals surface area contributed by atoms with Crippen LogP contribution in [0.3, 0.4) is 0 Å². The molecule has 0 aromatic carbocycles. The van der Waals surface area contributed by atoms with Crippen LogP contribution in [0.5, 0.6) is 0 Å². The van der Waals surface area contributed by atoms with Crippen LogP contribution in [0.4, 0.5) is 4.79 Å². The fourth-order valence-corrected chi connectivity index (χ4v) is 4.22. The van der Waals surface area contributed by atoms with Gasteiger partial charge in [-0.15, -0.1) is 11.3 Å². The summed E-state index contributed by atoms with van der Waals surface area (Å²) in [6, 6.07) is -0.182. The Labute approximate surface area is 135 Å². The molecule has 2 aliphatic rings. The molecule has 3 N–H and O–H groups in total. The molecule has 0 radical (unpaired) electrons. The van der Waals surface area contributed by atoms with E-state index in [-0.39, 0.29) is 6.03 Å². The Morgan fingerprint density at radius 2 is 2.05 bits per heavy atom. The normalized spacial score (nSPS) is 19.1. The molecule has 1 aromatic rings. The van der Waals surface area contributed by atoms with Crippen molar-refractivity contribution in [1.29, 1.82) is 0 Å². The van der Waals surface area contributed by atoms with E-state index in [1.807, 2.05) is 11.3 Å². The second-order valence-corrected chi connectivity index (χ2v) is 7.64. The van der Waals surface area contributed by atoms with Crippen LogP contribution in [0.25, 0.3) is 0 Å². The monoisotopic (exact) mass is 323 g/mol. The summed E-state index contributed by atoms with van der Waals surface area (Å²) in [5.74, 6) is 0. The summed E-state index contributed by atoms with van der Waals surface area (Å²) in [5.41, 5.74) is 0.655. The van der Waals surface area contributed by atoms with Crippen molar-refractivity contribution in [2.24, 2.45) is 0 Å². The maximum atomic E-state index is 11.7. The minimum Gasteiger partial charge on any atom is -0.388 e. The van der Waals surface area contributed by atoms with E-state index in [0.29, 0.717) is 13.1 Å². The van der Waals surface area contributed by atoms with Gasteiger partial charge < -0.3 is 15.7 Å². The van der Waals surface area contributed by atoms with E-state index in [1.165, 1.54) is 34.8 Å². The number of urea groups is 1. The zero-order valence-corrected chi connectivity index (χ0v) is 13.8. The second kappa shape index (κ2) is 6.96. The first kappa shape index (κ1) is 15.7. The summed E-state index contributed by atoms with van der Waals surface area (Å²) in [6.07, 6.45) is 9.37. The first-order valence-electron chi connectivity index (χ1n) is 8.36. The first-order chi connectivity index (χ1) is 10.6. The van der Waals surface area contributed by atoms with Crippen LogP contribution in [0.2, 0.25) is 0 Å². The van der Waals surface area contributed by atoms with Gasteiger partial charge in [0, 0.05) is 24.4 Å². The second-order valence-electron chi connectivity index (χ2n) is 6.48. The van der Waals surface area contributed by atoms with Gasteiger partial charge in [-0.3, -0.25) is 0 Å². The van der Waals surface area contributed by atoms with Gasteiger partial charge in [0.05, 0.1) is 16.3 Å². The Morgan fingerprint density at radius 1 is 1.23 bits per heavy atom. The molecule has 0 unspecified atom stereocenters. The third kappa shape index (κ3) is 3.98. The number of nitrogens with one attached hydrogen (secondary N) is 2. The molecule has 1 saturated carbocycles. The van der Waals surface area contributed by atoms with Crippen molar-refractivity contribution >= 4 is 17.4 Å². The molecule has 0 atom stereocenters. The molecule has 3 rings (SSSR count). The first-order valence-corrected chi connectivity index (χ1v) is 9.18. The van der Waals surface area contributed by atoms with Crippen LogP contribution in [-0.4, -0.2) is 34.8 Å². The molecule has 122 valence electrons. The van der Waals surface area contributed by atoms with Crippen LogP contribution in [0.1, 0.15) is 54.1 Å². The van der Waals surface area contributed by atoms with Crippen LogP contribution in [0, 0.1) is 0 Å². The van der Waals surface area contributed by atoms with E-state index in [0.717, 1.165) is 38.5 Å². The minimum atomic E-state index is -0.655. The molecule has 2 amide bonds. The van der Waals surface area contributed by atoms with Gasteiger partial charge in [-0.2, -0.15) is 0 Å². The predicted molar refractivity (Wildman–Crippen MR) is 87.3 cm³/mol.